The Morgan fingerprint density at radius 3 is 2.53 bits per heavy atom. The first-order valence-corrected chi connectivity index (χ1v) is 7.65. The number of amides is 1. The molecule has 19 heavy (non-hydrogen) atoms. The summed E-state index contributed by atoms with van der Waals surface area (Å²) in [6.45, 7) is 5.46. The topological polar surface area (TPSA) is 41.1 Å². The van der Waals surface area contributed by atoms with Crippen LogP contribution in [0.5, 0.6) is 0 Å². The van der Waals surface area contributed by atoms with Crippen molar-refractivity contribution in [2.45, 2.75) is 58.3 Å². The zero-order valence-electron chi connectivity index (χ0n) is 12.2. The van der Waals surface area contributed by atoms with Crippen molar-refractivity contribution >= 4 is 18.3 Å². The van der Waals surface area contributed by atoms with E-state index in [1.165, 1.54) is 38.5 Å². The molecule has 0 unspecified atom stereocenters. The molecule has 1 aliphatic carbocycles. The van der Waals surface area contributed by atoms with E-state index in [2.05, 4.69) is 17.6 Å². The molecule has 2 N–H and O–H groups in total. The molecule has 1 heterocycles. The van der Waals surface area contributed by atoms with Gasteiger partial charge in [0, 0.05) is 13.0 Å². The second-order valence-electron chi connectivity index (χ2n) is 6.53. The fraction of sp³-hybridized carbons (Fsp3) is 0.933. The molecule has 2 aliphatic rings. The largest absolute Gasteiger partial charge is 0.356 e. The molecule has 112 valence electrons. The van der Waals surface area contributed by atoms with Gasteiger partial charge in [0.15, 0.2) is 0 Å². The summed E-state index contributed by atoms with van der Waals surface area (Å²) >= 11 is 0. The molecule has 0 aromatic rings. The molecule has 0 bridgehead atoms. The van der Waals surface area contributed by atoms with Gasteiger partial charge in [-0.05, 0) is 56.5 Å². The van der Waals surface area contributed by atoms with Crippen molar-refractivity contribution in [2.75, 3.05) is 19.6 Å². The first-order valence-electron chi connectivity index (χ1n) is 7.65. The standard InChI is InChI=1S/C15H28N2O.ClH/c1-15(8-2-3-9-15)12-17-14(18)5-4-13-6-10-16-11-7-13;/h13,16H,2-12H2,1H3,(H,17,18);1H. The Morgan fingerprint density at radius 2 is 1.89 bits per heavy atom. The highest BCUT2D eigenvalue weighted by molar-refractivity contribution is 5.85. The van der Waals surface area contributed by atoms with Crippen LogP contribution in [0.15, 0.2) is 0 Å². The fourth-order valence-electron chi connectivity index (χ4n) is 3.31. The Labute approximate surface area is 123 Å². The Bertz CT molecular complexity index is 271. The lowest BCUT2D eigenvalue weighted by molar-refractivity contribution is -0.121. The number of halogens is 1. The van der Waals surface area contributed by atoms with Crippen LogP contribution in [0.2, 0.25) is 0 Å². The Morgan fingerprint density at radius 1 is 1.26 bits per heavy atom. The lowest BCUT2D eigenvalue weighted by atomic mass is 9.88. The lowest BCUT2D eigenvalue weighted by Crippen LogP contribution is -2.34. The first kappa shape index (κ1) is 16.8. The van der Waals surface area contributed by atoms with E-state index in [-0.39, 0.29) is 18.3 Å². The average Bonchev–Trinajstić information content (AvgIpc) is 2.83. The minimum atomic E-state index is 0. The van der Waals surface area contributed by atoms with Crippen molar-refractivity contribution < 1.29 is 4.79 Å². The zero-order valence-corrected chi connectivity index (χ0v) is 13.0. The third-order valence-corrected chi connectivity index (χ3v) is 4.76. The van der Waals surface area contributed by atoms with Crippen LogP contribution in [0.4, 0.5) is 0 Å². The van der Waals surface area contributed by atoms with E-state index in [0.29, 0.717) is 5.41 Å². The first-order chi connectivity index (χ1) is 8.68. The van der Waals surface area contributed by atoms with E-state index in [4.69, 9.17) is 0 Å². The van der Waals surface area contributed by atoms with Crippen LogP contribution in [-0.2, 0) is 4.79 Å². The SMILES string of the molecule is CC1(CNC(=O)CCC2CCNCC2)CCCC1.Cl. The second-order valence-corrected chi connectivity index (χ2v) is 6.53. The van der Waals surface area contributed by atoms with Crippen LogP contribution in [0.25, 0.3) is 0 Å². The third-order valence-electron chi connectivity index (χ3n) is 4.76. The van der Waals surface area contributed by atoms with Crippen molar-refractivity contribution in [3.63, 3.8) is 0 Å². The lowest BCUT2D eigenvalue weighted by Gasteiger charge is -2.25. The fourth-order valence-corrected chi connectivity index (χ4v) is 3.31. The highest BCUT2D eigenvalue weighted by Crippen LogP contribution is 2.36. The maximum Gasteiger partial charge on any atom is 0.220 e. The van der Waals surface area contributed by atoms with Gasteiger partial charge in [0.25, 0.3) is 0 Å². The summed E-state index contributed by atoms with van der Waals surface area (Å²) < 4.78 is 0. The van der Waals surface area contributed by atoms with Gasteiger partial charge in [-0.15, -0.1) is 12.4 Å². The summed E-state index contributed by atoms with van der Waals surface area (Å²) in [6, 6.07) is 0. The molecule has 1 amide bonds. The number of carbonyl (C=O) groups is 1. The van der Waals surface area contributed by atoms with Crippen molar-refractivity contribution in [3.05, 3.63) is 0 Å². The predicted octanol–water partition coefficient (Wildman–Crippen LogP) is 2.88. The number of rotatable bonds is 5. The molecule has 1 saturated heterocycles. The summed E-state index contributed by atoms with van der Waals surface area (Å²) in [5.74, 6) is 1.03. The smallest absolute Gasteiger partial charge is 0.220 e. The summed E-state index contributed by atoms with van der Waals surface area (Å²) in [5.41, 5.74) is 0.379. The maximum atomic E-state index is 11.9. The van der Waals surface area contributed by atoms with Crippen LogP contribution in [0.3, 0.4) is 0 Å². The molecular weight excluding hydrogens is 260 g/mol. The van der Waals surface area contributed by atoms with Crippen LogP contribution < -0.4 is 10.6 Å². The van der Waals surface area contributed by atoms with Gasteiger partial charge in [-0.25, -0.2) is 0 Å². The number of piperidine rings is 1. The summed E-state index contributed by atoms with van der Waals surface area (Å²) in [6.07, 6.45) is 9.51. The van der Waals surface area contributed by atoms with Gasteiger partial charge in [-0.1, -0.05) is 19.8 Å². The van der Waals surface area contributed by atoms with E-state index < -0.39 is 0 Å². The molecule has 4 heteroatoms. The summed E-state index contributed by atoms with van der Waals surface area (Å²) in [5, 5.41) is 6.52. The molecule has 2 rings (SSSR count). The van der Waals surface area contributed by atoms with Crippen LogP contribution in [0, 0.1) is 11.3 Å². The van der Waals surface area contributed by atoms with Gasteiger partial charge >= 0.3 is 0 Å². The molecule has 1 aliphatic heterocycles. The molecule has 3 nitrogen and oxygen atoms in total. The molecule has 2 fully saturated rings. The average molecular weight is 289 g/mol. The molecule has 0 atom stereocenters. The molecule has 0 radical (unpaired) electrons. The number of carbonyl (C=O) groups excluding carboxylic acids is 1. The summed E-state index contributed by atoms with van der Waals surface area (Å²) in [7, 11) is 0. The van der Waals surface area contributed by atoms with E-state index in [1.54, 1.807) is 0 Å². The highest BCUT2D eigenvalue weighted by atomic mass is 35.5. The van der Waals surface area contributed by atoms with Crippen LogP contribution >= 0.6 is 12.4 Å². The predicted molar refractivity (Wildman–Crippen MR) is 81.7 cm³/mol. The van der Waals surface area contributed by atoms with Gasteiger partial charge in [-0.2, -0.15) is 0 Å². The molecule has 0 aromatic carbocycles. The van der Waals surface area contributed by atoms with Crippen molar-refractivity contribution in [2.24, 2.45) is 11.3 Å². The number of hydrogen-bond acceptors (Lipinski definition) is 2. The van der Waals surface area contributed by atoms with Gasteiger partial charge in [0.1, 0.15) is 0 Å². The normalized spacial score (nSPS) is 22.8. The van der Waals surface area contributed by atoms with Gasteiger partial charge < -0.3 is 10.6 Å². The number of hydrogen-bond donors (Lipinski definition) is 2. The Hall–Kier alpha value is -0.280. The van der Waals surface area contributed by atoms with Crippen molar-refractivity contribution in [3.8, 4) is 0 Å². The van der Waals surface area contributed by atoms with E-state index in [1.807, 2.05) is 0 Å². The van der Waals surface area contributed by atoms with Crippen LogP contribution in [-0.4, -0.2) is 25.5 Å². The molecule has 1 saturated carbocycles. The minimum absolute atomic E-state index is 0. The zero-order chi connectivity index (χ0) is 12.8. The van der Waals surface area contributed by atoms with Gasteiger partial charge in [0.05, 0.1) is 0 Å². The van der Waals surface area contributed by atoms with Crippen molar-refractivity contribution in [1.29, 1.82) is 0 Å². The van der Waals surface area contributed by atoms with E-state index >= 15 is 0 Å². The molecule has 0 aromatic heterocycles. The van der Waals surface area contributed by atoms with Crippen LogP contribution in [0.1, 0.15) is 58.3 Å². The number of nitrogens with one attached hydrogen (secondary N) is 2. The highest BCUT2D eigenvalue weighted by Gasteiger charge is 2.28. The van der Waals surface area contributed by atoms with E-state index in [9.17, 15) is 4.79 Å². The molecular formula is C15H29ClN2O. The van der Waals surface area contributed by atoms with Gasteiger partial charge in [0.2, 0.25) is 5.91 Å². The second kappa shape index (κ2) is 8.11. The molecule has 0 spiro atoms. The third kappa shape index (κ3) is 5.70. The quantitative estimate of drug-likeness (QED) is 0.817. The monoisotopic (exact) mass is 288 g/mol. The Kier molecular flexibility index (Phi) is 7.16. The van der Waals surface area contributed by atoms with Gasteiger partial charge in [-0.3, -0.25) is 4.79 Å². The van der Waals surface area contributed by atoms with E-state index in [0.717, 1.165) is 38.4 Å². The Balaban J connectivity index is 0.00000180. The maximum absolute atomic E-state index is 11.9. The minimum Gasteiger partial charge on any atom is -0.356 e. The van der Waals surface area contributed by atoms with Crippen molar-refractivity contribution in [1.82, 2.24) is 10.6 Å². The summed E-state index contributed by atoms with van der Waals surface area (Å²) in [4.78, 5) is 11.9.